The van der Waals surface area contributed by atoms with Crippen LogP contribution in [0.2, 0.25) is 0 Å². The van der Waals surface area contributed by atoms with E-state index in [9.17, 15) is 4.39 Å². The summed E-state index contributed by atoms with van der Waals surface area (Å²) in [5, 5.41) is 4.16. The highest BCUT2D eigenvalue weighted by Gasteiger charge is 2.15. The Balaban J connectivity index is 2.34. The molecule has 1 heterocycles. The minimum absolute atomic E-state index is 0.218. The molecular weight excluding hydrogens is 233 g/mol. The third kappa shape index (κ3) is 2.22. The molecule has 1 unspecified atom stereocenters. The quantitative estimate of drug-likeness (QED) is 0.902. The molecule has 4 nitrogen and oxygen atoms in total. The first-order valence-electron chi connectivity index (χ1n) is 5.78. The second-order valence-electron chi connectivity index (χ2n) is 3.94. The highest BCUT2D eigenvalue weighted by molar-refractivity contribution is 5.34. The molecule has 2 rings (SSSR count). The number of aryl methyl sites for hydroxylation is 1. The van der Waals surface area contributed by atoms with E-state index in [0.717, 1.165) is 12.2 Å². The van der Waals surface area contributed by atoms with Gasteiger partial charge in [0.25, 0.3) is 0 Å². The van der Waals surface area contributed by atoms with Gasteiger partial charge in [-0.15, -0.1) is 0 Å². The van der Waals surface area contributed by atoms with E-state index in [1.165, 1.54) is 13.2 Å². The van der Waals surface area contributed by atoms with Gasteiger partial charge in [-0.05, 0) is 30.7 Å². The fourth-order valence-electron chi connectivity index (χ4n) is 1.92. The summed E-state index contributed by atoms with van der Waals surface area (Å²) in [6.45, 7) is 2.71. The maximum Gasteiger partial charge on any atom is 0.165 e. The van der Waals surface area contributed by atoms with Gasteiger partial charge in [0.2, 0.25) is 0 Å². The lowest BCUT2D eigenvalue weighted by Gasteiger charge is -2.14. The van der Waals surface area contributed by atoms with Gasteiger partial charge in [0, 0.05) is 12.7 Å². The minimum Gasteiger partial charge on any atom is -0.494 e. The Labute approximate surface area is 105 Å². The fourth-order valence-corrected chi connectivity index (χ4v) is 1.92. The van der Waals surface area contributed by atoms with Crippen LogP contribution in [0.4, 0.5) is 4.39 Å². The van der Waals surface area contributed by atoms with Crippen molar-refractivity contribution in [3.05, 3.63) is 47.5 Å². The first-order valence-corrected chi connectivity index (χ1v) is 5.78. The van der Waals surface area contributed by atoms with Crippen LogP contribution in [-0.4, -0.2) is 16.9 Å². The normalized spacial score (nSPS) is 12.4. The molecule has 0 saturated carbocycles. The molecule has 0 bridgehead atoms. The van der Waals surface area contributed by atoms with E-state index in [4.69, 9.17) is 10.5 Å². The zero-order valence-corrected chi connectivity index (χ0v) is 10.4. The largest absolute Gasteiger partial charge is 0.494 e. The van der Waals surface area contributed by atoms with E-state index in [2.05, 4.69) is 5.10 Å². The molecule has 0 aliphatic carbocycles. The molecule has 0 spiro atoms. The van der Waals surface area contributed by atoms with Crippen LogP contribution in [-0.2, 0) is 6.54 Å². The summed E-state index contributed by atoms with van der Waals surface area (Å²) in [5.74, 6) is -0.192. The van der Waals surface area contributed by atoms with E-state index in [1.54, 1.807) is 23.0 Å². The summed E-state index contributed by atoms with van der Waals surface area (Å²) in [6.07, 6.45) is 1.69. The van der Waals surface area contributed by atoms with E-state index in [0.29, 0.717) is 5.56 Å². The van der Waals surface area contributed by atoms with Crippen molar-refractivity contribution in [2.24, 2.45) is 5.73 Å². The second-order valence-corrected chi connectivity index (χ2v) is 3.94. The summed E-state index contributed by atoms with van der Waals surface area (Å²) in [6, 6.07) is 6.19. The van der Waals surface area contributed by atoms with E-state index >= 15 is 0 Å². The first kappa shape index (κ1) is 12.6. The predicted octanol–water partition coefficient (Wildman–Crippen LogP) is 2.10. The summed E-state index contributed by atoms with van der Waals surface area (Å²) < 4.78 is 20.3. The summed E-state index contributed by atoms with van der Waals surface area (Å²) in [7, 11) is 1.43. The number of rotatable bonds is 4. The number of methoxy groups -OCH3 is 1. The highest BCUT2D eigenvalue weighted by atomic mass is 19.1. The molecule has 0 amide bonds. The van der Waals surface area contributed by atoms with Gasteiger partial charge in [0.05, 0.1) is 18.8 Å². The van der Waals surface area contributed by atoms with Gasteiger partial charge < -0.3 is 10.5 Å². The minimum atomic E-state index is -0.409. The SMILES string of the molecule is CCn1nccc1C(N)c1ccc(OC)c(F)c1. The van der Waals surface area contributed by atoms with Crippen molar-refractivity contribution in [1.82, 2.24) is 9.78 Å². The zero-order valence-electron chi connectivity index (χ0n) is 10.4. The van der Waals surface area contributed by atoms with Crippen molar-refractivity contribution in [3.8, 4) is 5.75 Å². The Morgan fingerprint density at radius 1 is 1.44 bits per heavy atom. The number of nitrogens with zero attached hydrogens (tertiary/aromatic N) is 2. The molecule has 5 heteroatoms. The molecule has 2 N–H and O–H groups in total. The number of ether oxygens (including phenoxy) is 1. The zero-order chi connectivity index (χ0) is 13.1. The lowest BCUT2D eigenvalue weighted by atomic mass is 10.0. The van der Waals surface area contributed by atoms with Crippen molar-refractivity contribution in [2.75, 3.05) is 7.11 Å². The van der Waals surface area contributed by atoms with Crippen LogP contribution in [0.5, 0.6) is 5.75 Å². The van der Waals surface area contributed by atoms with E-state index < -0.39 is 11.9 Å². The van der Waals surface area contributed by atoms with Gasteiger partial charge in [-0.1, -0.05) is 6.07 Å². The number of benzene rings is 1. The van der Waals surface area contributed by atoms with E-state index in [1.807, 2.05) is 13.0 Å². The van der Waals surface area contributed by atoms with Gasteiger partial charge in [-0.2, -0.15) is 5.10 Å². The lowest BCUT2D eigenvalue weighted by Crippen LogP contribution is -2.17. The molecule has 18 heavy (non-hydrogen) atoms. The molecule has 0 aliphatic rings. The van der Waals surface area contributed by atoms with Crippen LogP contribution in [0.3, 0.4) is 0 Å². The molecule has 1 aromatic heterocycles. The average Bonchev–Trinajstić information content (AvgIpc) is 2.86. The summed E-state index contributed by atoms with van der Waals surface area (Å²) >= 11 is 0. The van der Waals surface area contributed by atoms with Crippen molar-refractivity contribution in [1.29, 1.82) is 0 Å². The summed E-state index contributed by atoms with van der Waals surface area (Å²) in [5.41, 5.74) is 7.69. The van der Waals surface area contributed by atoms with Crippen LogP contribution in [0.15, 0.2) is 30.5 Å². The second kappa shape index (κ2) is 5.18. The Bertz CT molecular complexity index is 539. The maximum absolute atomic E-state index is 13.6. The third-order valence-electron chi connectivity index (χ3n) is 2.90. The number of hydrogen-bond donors (Lipinski definition) is 1. The van der Waals surface area contributed by atoms with Crippen LogP contribution in [0, 0.1) is 5.82 Å². The molecule has 2 aromatic rings. The standard InChI is InChI=1S/C13H16FN3O/c1-3-17-11(6-7-16-17)13(15)9-4-5-12(18-2)10(14)8-9/h4-8,13H,3,15H2,1-2H3. The Morgan fingerprint density at radius 3 is 2.83 bits per heavy atom. The lowest BCUT2D eigenvalue weighted by molar-refractivity contribution is 0.386. The van der Waals surface area contributed by atoms with Gasteiger partial charge in [0.15, 0.2) is 11.6 Å². The molecule has 0 saturated heterocycles. The Kier molecular flexibility index (Phi) is 3.62. The van der Waals surface area contributed by atoms with Crippen LogP contribution >= 0.6 is 0 Å². The van der Waals surface area contributed by atoms with Crippen molar-refractivity contribution in [3.63, 3.8) is 0 Å². The highest BCUT2D eigenvalue weighted by Crippen LogP contribution is 2.24. The van der Waals surface area contributed by atoms with Crippen LogP contribution in [0.1, 0.15) is 24.2 Å². The van der Waals surface area contributed by atoms with Crippen molar-refractivity contribution >= 4 is 0 Å². The van der Waals surface area contributed by atoms with Gasteiger partial charge in [-0.3, -0.25) is 4.68 Å². The van der Waals surface area contributed by atoms with Crippen LogP contribution < -0.4 is 10.5 Å². The fraction of sp³-hybridized carbons (Fsp3) is 0.308. The summed E-state index contributed by atoms with van der Waals surface area (Å²) in [4.78, 5) is 0. The third-order valence-corrected chi connectivity index (χ3v) is 2.90. The van der Waals surface area contributed by atoms with Crippen molar-refractivity contribution < 1.29 is 9.13 Å². The molecular formula is C13H16FN3O. The number of aromatic nitrogens is 2. The van der Waals surface area contributed by atoms with Gasteiger partial charge in [-0.25, -0.2) is 4.39 Å². The topological polar surface area (TPSA) is 53.1 Å². The Hall–Kier alpha value is -1.88. The molecule has 1 atom stereocenters. The van der Waals surface area contributed by atoms with Crippen LogP contribution in [0.25, 0.3) is 0 Å². The Morgan fingerprint density at radius 2 is 2.22 bits per heavy atom. The molecule has 0 fully saturated rings. The van der Waals surface area contributed by atoms with Gasteiger partial charge in [0.1, 0.15) is 0 Å². The average molecular weight is 249 g/mol. The molecule has 1 aromatic carbocycles. The number of nitrogens with two attached hydrogens (primary N) is 1. The molecule has 96 valence electrons. The smallest absolute Gasteiger partial charge is 0.165 e. The molecule has 0 radical (unpaired) electrons. The van der Waals surface area contributed by atoms with Crippen molar-refractivity contribution in [2.45, 2.75) is 19.5 Å². The van der Waals surface area contributed by atoms with E-state index in [-0.39, 0.29) is 5.75 Å². The molecule has 0 aliphatic heterocycles. The number of halogens is 1. The monoisotopic (exact) mass is 249 g/mol. The van der Waals surface area contributed by atoms with Gasteiger partial charge >= 0.3 is 0 Å². The number of hydrogen-bond acceptors (Lipinski definition) is 3. The predicted molar refractivity (Wildman–Crippen MR) is 66.9 cm³/mol. The first-order chi connectivity index (χ1) is 8.67. The maximum atomic E-state index is 13.6.